The Balaban J connectivity index is 2.42. The highest BCUT2D eigenvalue weighted by molar-refractivity contribution is 7.48. The van der Waals surface area contributed by atoms with Crippen LogP contribution in [0.1, 0.15) is 48.5 Å². The summed E-state index contributed by atoms with van der Waals surface area (Å²) in [6.45, 7) is 5.41. The zero-order valence-electron chi connectivity index (χ0n) is 27.0. The minimum absolute atomic E-state index is 0.463. The quantitative estimate of drug-likeness (QED) is 0.0760. The number of amides is 1. The van der Waals surface area contributed by atoms with Gasteiger partial charge in [-0.25, -0.2) is 27.6 Å². The standard InChI is InChI=1S/C26H43FN3O16P/c1-14(2)18(28)19(32)45-20-25(7,36)21(30-9-8-17(31)29-22(30)33)46-26(20,10-27)11-40-47(37,41-12-38-23(34)43-15(3)4)42-13-39-24(35)44-16(5)6/h8-9,14-16,18,20-22,33,36H,10-13,28H2,1-7H3,(H,29,31)/t18?,20-,21+,22?,25+,26+/m0/s1. The highest BCUT2D eigenvalue weighted by Crippen LogP contribution is 2.52. The predicted molar refractivity (Wildman–Crippen MR) is 153 cm³/mol. The third-order valence-corrected chi connectivity index (χ3v) is 7.72. The number of esters is 1. The monoisotopic (exact) mass is 703 g/mol. The number of carbonyl (C=O) groups is 4. The van der Waals surface area contributed by atoms with Crippen LogP contribution in [0.3, 0.4) is 0 Å². The van der Waals surface area contributed by atoms with Crippen molar-refractivity contribution in [3.63, 3.8) is 0 Å². The van der Waals surface area contributed by atoms with Gasteiger partial charge in [0.25, 0.3) is 0 Å². The number of hydrogen-bond donors (Lipinski definition) is 4. The summed E-state index contributed by atoms with van der Waals surface area (Å²) in [6, 6.07) is -1.24. The molecular formula is C26H43FN3O16P. The van der Waals surface area contributed by atoms with Gasteiger partial charge in [0.05, 0.1) is 18.8 Å². The molecule has 47 heavy (non-hydrogen) atoms. The lowest BCUT2D eigenvalue weighted by Gasteiger charge is -2.39. The summed E-state index contributed by atoms with van der Waals surface area (Å²) in [4.78, 5) is 49.1. The molecule has 0 aromatic heterocycles. The maximum atomic E-state index is 15.1. The molecule has 1 fully saturated rings. The number of aliphatic hydroxyl groups excluding tert-OH is 1. The average molecular weight is 704 g/mol. The second-order valence-corrected chi connectivity index (χ2v) is 13.1. The maximum Gasteiger partial charge on any atom is 0.510 e. The van der Waals surface area contributed by atoms with E-state index < -0.39 is 113 Å². The minimum atomic E-state index is -5.01. The Labute approximate surface area is 270 Å². The molecule has 0 aromatic rings. The highest BCUT2D eigenvalue weighted by Gasteiger charge is 2.66. The van der Waals surface area contributed by atoms with Crippen LogP contribution in [-0.4, -0.2) is 114 Å². The number of rotatable bonds is 16. The van der Waals surface area contributed by atoms with E-state index >= 15 is 4.39 Å². The molecule has 2 aliphatic heterocycles. The number of alkyl halides is 1. The molecule has 2 heterocycles. The molecule has 1 amide bonds. The number of nitrogens with two attached hydrogens (primary N) is 1. The molecule has 21 heteroatoms. The van der Waals surface area contributed by atoms with Crippen LogP contribution in [-0.2, 0) is 56.1 Å². The van der Waals surface area contributed by atoms with Gasteiger partial charge in [0.15, 0.2) is 17.9 Å². The number of phosphoric acid groups is 1. The van der Waals surface area contributed by atoms with Gasteiger partial charge < -0.3 is 54.6 Å². The molecule has 2 unspecified atom stereocenters. The van der Waals surface area contributed by atoms with E-state index in [1.54, 1.807) is 13.8 Å². The van der Waals surface area contributed by atoms with Crippen molar-refractivity contribution in [2.24, 2.45) is 11.7 Å². The molecule has 0 bridgehead atoms. The Morgan fingerprint density at radius 2 is 1.60 bits per heavy atom. The number of nitrogens with zero attached hydrogens (tertiary/aromatic N) is 1. The van der Waals surface area contributed by atoms with Gasteiger partial charge >= 0.3 is 26.1 Å². The first kappa shape index (κ1) is 40.1. The number of halogens is 1. The Morgan fingerprint density at radius 1 is 1.06 bits per heavy atom. The SMILES string of the molecule is CC(C)OC(=O)OCOP(=O)(OCOC(=O)OC(C)C)OC[C@@]1(CF)O[C@@H](N2C=CC(=O)NC2O)[C@](C)(O)[C@@H]1OC(=O)C(N)C(C)C. The van der Waals surface area contributed by atoms with Crippen molar-refractivity contribution in [1.82, 2.24) is 10.2 Å². The highest BCUT2D eigenvalue weighted by atomic mass is 31.2. The van der Waals surface area contributed by atoms with Crippen molar-refractivity contribution in [2.75, 3.05) is 26.9 Å². The van der Waals surface area contributed by atoms with E-state index in [0.717, 1.165) is 24.1 Å². The molecule has 5 N–H and O–H groups in total. The molecule has 1 saturated heterocycles. The average Bonchev–Trinajstić information content (AvgIpc) is 3.17. The molecule has 19 nitrogen and oxygen atoms in total. The van der Waals surface area contributed by atoms with Crippen molar-refractivity contribution in [3.8, 4) is 0 Å². The van der Waals surface area contributed by atoms with Crippen molar-refractivity contribution in [1.29, 1.82) is 0 Å². The molecular weight excluding hydrogens is 660 g/mol. The fraction of sp³-hybridized carbons (Fsp3) is 0.769. The molecule has 0 saturated carbocycles. The van der Waals surface area contributed by atoms with Crippen LogP contribution in [0, 0.1) is 5.92 Å². The lowest BCUT2D eigenvalue weighted by atomic mass is 9.87. The zero-order valence-corrected chi connectivity index (χ0v) is 27.9. The molecule has 6 atom stereocenters. The summed E-state index contributed by atoms with van der Waals surface area (Å²) in [7, 11) is -5.01. The van der Waals surface area contributed by atoms with E-state index in [2.05, 4.69) is 14.8 Å². The van der Waals surface area contributed by atoms with Gasteiger partial charge in [-0.15, -0.1) is 0 Å². The Kier molecular flexibility index (Phi) is 14.3. The third-order valence-electron chi connectivity index (χ3n) is 6.43. The van der Waals surface area contributed by atoms with Gasteiger partial charge in [-0.1, -0.05) is 13.8 Å². The second kappa shape index (κ2) is 16.8. The van der Waals surface area contributed by atoms with Gasteiger partial charge in [-0.2, -0.15) is 0 Å². The largest absolute Gasteiger partial charge is 0.510 e. The van der Waals surface area contributed by atoms with Crippen LogP contribution in [0.15, 0.2) is 12.3 Å². The lowest BCUT2D eigenvalue weighted by Crippen LogP contribution is -2.61. The fourth-order valence-corrected chi connectivity index (χ4v) is 5.06. The van der Waals surface area contributed by atoms with E-state index in [-0.39, 0.29) is 0 Å². The number of nitrogens with one attached hydrogen (secondary N) is 1. The molecule has 2 rings (SSSR count). The summed E-state index contributed by atoms with van der Waals surface area (Å²) in [6.07, 6.45) is -7.14. The van der Waals surface area contributed by atoms with Crippen LogP contribution >= 0.6 is 7.82 Å². The smallest absolute Gasteiger partial charge is 0.455 e. The first-order valence-corrected chi connectivity index (χ1v) is 15.8. The lowest BCUT2D eigenvalue weighted by molar-refractivity contribution is -0.191. The first-order chi connectivity index (χ1) is 21.8. The van der Waals surface area contributed by atoms with Crippen LogP contribution in [0.25, 0.3) is 0 Å². The summed E-state index contributed by atoms with van der Waals surface area (Å²) in [5.74, 6) is -2.25. The number of ether oxygens (including phenoxy) is 6. The summed E-state index contributed by atoms with van der Waals surface area (Å²) in [5.41, 5.74) is 1.01. The van der Waals surface area contributed by atoms with Crippen LogP contribution < -0.4 is 11.1 Å². The van der Waals surface area contributed by atoms with Crippen molar-refractivity contribution < 1.29 is 80.3 Å². The van der Waals surface area contributed by atoms with Gasteiger partial charge in [0.1, 0.15) is 18.3 Å². The summed E-state index contributed by atoms with van der Waals surface area (Å²) < 4.78 is 74.2. The fourth-order valence-electron chi connectivity index (χ4n) is 4.09. The van der Waals surface area contributed by atoms with Gasteiger partial charge in [0, 0.05) is 12.3 Å². The summed E-state index contributed by atoms with van der Waals surface area (Å²) >= 11 is 0. The van der Waals surface area contributed by atoms with E-state index in [1.165, 1.54) is 27.7 Å². The number of aliphatic hydroxyl groups is 2. The van der Waals surface area contributed by atoms with Crippen LogP contribution in [0.2, 0.25) is 0 Å². The Hall–Kier alpha value is -3.10. The predicted octanol–water partition coefficient (Wildman–Crippen LogP) is 1.11. The van der Waals surface area contributed by atoms with E-state index in [0.29, 0.717) is 0 Å². The Bertz CT molecular complexity index is 1150. The van der Waals surface area contributed by atoms with Crippen molar-refractivity contribution in [2.45, 2.75) is 96.6 Å². The van der Waals surface area contributed by atoms with Crippen LogP contribution in [0.4, 0.5) is 14.0 Å². The van der Waals surface area contributed by atoms with Gasteiger partial charge in [-0.3, -0.25) is 14.1 Å². The molecule has 0 aromatic carbocycles. The molecule has 0 radical (unpaired) electrons. The molecule has 0 spiro atoms. The number of phosphoric ester groups is 1. The van der Waals surface area contributed by atoms with Crippen molar-refractivity contribution >= 4 is 32.0 Å². The number of carbonyl (C=O) groups excluding carboxylic acids is 4. The van der Waals surface area contributed by atoms with Gasteiger partial charge in [0.2, 0.25) is 25.8 Å². The first-order valence-electron chi connectivity index (χ1n) is 14.3. The van der Waals surface area contributed by atoms with Crippen molar-refractivity contribution in [3.05, 3.63) is 12.3 Å². The van der Waals surface area contributed by atoms with E-state index in [9.17, 15) is 34.0 Å². The molecule has 270 valence electrons. The topological polar surface area (TPSA) is 250 Å². The van der Waals surface area contributed by atoms with E-state index in [4.69, 9.17) is 38.3 Å². The second-order valence-electron chi connectivity index (χ2n) is 11.5. The maximum absolute atomic E-state index is 15.1. The molecule has 0 aliphatic carbocycles. The normalized spacial score (nSPS) is 26.7. The number of hydrogen-bond acceptors (Lipinski definition) is 18. The van der Waals surface area contributed by atoms with E-state index in [1.807, 2.05) is 0 Å². The van der Waals surface area contributed by atoms with Gasteiger partial charge in [-0.05, 0) is 40.5 Å². The minimum Gasteiger partial charge on any atom is -0.455 e. The summed E-state index contributed by atoms with van der Waals surface area (Å²) in [5, 5.41) is 24.2. The zero-order chi connectivity index (χ0) is 35.7. The van der Waals surface area contributed by atoms with Crippen LogP contribution in [0.5, 0.6) is 0 Å². The molecule has 2 aliphatic rings. The Morgan fingerprint density at radius 3 is 2.04 bits per heavy atom. The third kappa shape index (κ3) is 11.0.